The fourth-order valence-electron chi connectivity index (χ4n) is 1.49. The summed E-state index contributed by atoms with van der Waals surface area (Å²) in [6.45, 7) is 4.26. The smallest absolute Gasteiger partial charge is 0.268 e. The minimum atomic E-state index is -0.544. The topological polar surface area (TPSA) is 63.1 Å². The quantitative estimate of drug-likeness (QED) is 0.863. The van der Waals surface area contributed by atoms with Gasteiger partial charge >= 0.3 is 0 Å². The van der Waals surface area contributed by atoms with E-state index in [4.69, 9.17) is 0 Å². The van der Waals surface area contributed by atoms with E-state index < -0.39 is 6.04 Å². The zero-order valence-electron chi connectivity index (χ0n) is 10.8. The fourth-order valence-corrected chi connectivity index (χ4v) is 2.01. The Morgan fingerprint density at radius 3 is 2.67 bits per heavy atom. The van der Waals surface area contributed by atoms with E-state index in [9.17, 15) is 9.59 Å². The van der Waals surface area contributed by atoms with E-state index in [2.05, 4.69) is 26.6 Å². The number of aromatic nitrogens is 1. The van der Waals surface area contributed by atoms with Crippen molar-refractivity contribution in [2.24, 2.45) is 7.05 Å². The average molecular weight is 316 g/mol. The molecule has 0 aliphatic heterocycles. The molecule has 1 heterocycles. The number of nitrogens with zero attached hydrogens (tertiary/aromatic N) is 1. The Labute approximate surface area is 115 Å². The molecule has 1 aromatic heterocycles. The van der Waals surface area contributed by atoms with Gasteiger partial charge in [-0.15, -0.1) is 0 Å². The standard InChI is InChI=1S/C12H18BrN3O2/c1-4-5-14-11(17)8(2)15-12(18)10-6-9(13)7-16(10)3/h6-8H,4-5H2,1-3H3,(H,14,17)(H,15,18). The first kappa shape index (κ1) is 14.8. The maximum absolute atomic E-state index is 11.9. The molecule has 1 unspecified atom stereocenters. The third-order valence-electron chi connectivity index (χ3n) is 2.49. The number of rotatable bonds is 5. The van der Waals surface area contributed by atoms with Gasteiger partial charge in [0.1, 0.15) is 11.7 Å². The molecule has 0 saturated carbocycles. The summed E-state index contributed by atoms with van der Waals surface area (Å²) >= 11 is 3.30. The second-order valence-electron chi connectivity index (χ2n) is 4.14. The minimum absolute atomic E-state index is 0.168. The van der Waals surface area contributed by atoms with Crippen molar-refractivity contribution in [3.63, 3.8) is 0 Å². The van der Waals surface area contributed by atoms with Gasteiger partial charge in [0, 0.05) is 24.3 Å². The third kappa shape index (κ3) is 3.87. The number of nitrogens with one attached hydrogen (secondary N) is 2. The van der Waals surface area contributed by atoms with Gasteiger partial charge in [0.15, 0.2) is 0 Å². The van der Waals surface area contributed by atoms with Gasteiger partial charge in [-0.3, -0.25) is 9.59 Å². The molecule has 0 aliphatic carbocycles. The van der Waals surface area contributed by atoms with Crippen LogP contribution >= 0.6 is 15.9 Å². The van der Waals surface area contributed by atoms with Crippen molar-refractivity contribution in [3.8, 4) is 0 Å². The van der Waals surface area contributed by atoms with E-state index >= 15 is 0 Å². The predicted octanol–water partition coefficient (Wildman–Crippen LogP) is 1.43. The fraction of sp³-hybridized carbons (Fsp3) is 0.500. The van der Waals surface area contributed by atoms with Gasteiger partial charge in [-0.25, -0.2) is 0 Å². The van der Waals surface area contributed by atoms with Crippen LogP contribution in [0.25, 0.3) is 0 Å². The van der Waals surface area contributed by atoms with Gasteiger partial charge in [-0.05, 0) is 35.3 Å². The maximum atomic E-state index is 11.9. The van der Waals surface area contributed by atoms with E-state index in [0.717, 1.165) is 10.9 Å². The zero-order chi connectivity index (χ0) is 13.7. The van der Waals surface area contributed by atoms with Crippen molar-refractivity contribution in [1.82, 2.24) is 15.2 Å². The van der Waals surface area contributed by atoms with Crippen LogP contribution in [-0.2, 0) is 11.8 Å². The minimum Gasteiger partial charge on any atom is -0.354 e. The highest BCUT2D eigenvalue weighted by atomic mass is 79.9. The van der Waals surface area contributed by atoms with Crippen molar-refractivity contribution in [2.75, 3.05) is 6.54 Å². The Balaban J connectivity index is 2.59. The van der Waals surface area contributed by atoms with Gasteiger partial charge in [0.25, 0.3) is 5.91 Å². The first-order valence-electron chi connectivity index (χ1n) is 5.86. The normalized spacial score (nSPS) is 12.0. The molecule has 0 bridgehead atoms. The molecule has 0 radical (unpaired) electrons. The lowest BCUT2D eigenvalue weighted by molar-refractivity contribution is -0.122. The molecule has 0 aromatic carbocycles. The first-order chi connectivity index (χ1) is 8.45. The summed E-state index contributed by atoms with van der Waals surface area (Å²) in [6.07, 6.45) is 2.66. The number of hydrogen-bond acceptors (Lipinski definition) is 2. The molecule has 0 aliphatic rings. The van der Waals surface area contributed by atoms with E-state index in [1.165, 1.54) is 0 Å². The Bertz CT molecular complexity index is 443. The highest BCUT2D eigenvalue weighted by molar-refractivity contribution is 9.10. The number of amides is 2. The van der Waals surface area contributed by atoms with Crippen LogP contribution in [0.1, 0.15) is 30.8 Å². The molecule has 5 nitrogen and oxygen atoms in total. The number of carbonyl (C=O) groups excluding carboxylic acids is 2. The van der Waals surface area contributed by atoms with Gasteiger partial charge in [-0.1, -0.05) is 6.92 Å². The molecular formula is C12H18BrN3O2. The van der Waals surface area contributed by atoms with E-state index in [0.29, 0.717) is 12.2 Å². The predicted molar refractivity (Wildman–Crippen MR) is 73.3 cm³/mol. The van der Waals surface area contributed by atoms with Crippen LogP contribution in [0, 0.1) is 0 Å². The molecule has 0 spiro atoms. The lowest BCUT2D eigenvalue weighted by Gasteiger charge is -2.13. The summed E-state index contributed by atoms with van der Waals surface area (Å²) in [5.74, 6) is -0.430. The second kappa shape index (κ2) is 6.58. The molecule has 0 saturated heterocycles. The van der Waals surface area contributed by atoms with Crippen molar-refractivity contribution in [1.29, 1.82) is 0 Å². The van der Waals surface area contributed by atoms with Crippen LogP contribution in [-0.4, -0.2) is 29.0 Å². The largest absolute Gasteiger partial charge is 0.354 e. The van der Waals surface area contributed by atoms with Crippen molar-refractivity contribution in [3.05, 3.63) is 22.4 Å². The molecule has 1 aromatic rings. The van der Waals surface area contributed by atoms with Gasteiger partial charge in [0.05, 0.1) is 0 Å². The molecule has 2 amide bonds. The molecule has 1 rings (SSSR count). The summed E-state index contributed by atoms with van der Waals surface area (Å²) in [4.78, 5) is 23.6. The lowest BCUT2D eigenvalue weighted by atomic mass is 10.3. The second-order valence-corrected chi connectivity index (χ2v) is 5.06. The molecule has 18 heavy (non-hydrogen) atoms. The lowest BCUT2D eigenvalue weighted by Crippen LogP contribution is -2.45. The van der Waals surface area contributed by atoms with Crippen molar-refractivity contribution in [2.45, 2.75) is 26.3 Å². The molecular weight excluding hydrogens is 298 g/mol. The molecule has 0 fully saturated rings. The van der Waals surface area contributed by atoms with Crippen LogP contribution < -0.4 is 10.6 Å². The highest BCUT2D eigenvalue weighted by Gasteiger charge is 2.18. The SMILES string of the molecule is CCCNC(=O)C(C)NC(=O)c1cc(Br)cn1C. The Hall–Kier alpha value is -1.30. The Kier molecular flexibility index (Phi) is 5.40. The summed E-state index contributed by atoms with van der Waals surface area (Å²) in [6, 6.07) is 1.17. The van der Waals surface area contributed by atoms with Gasteiger partial charge in [-0.2, -0.15) is 0 Å². The van der Waals surface area contributed by atoms with E-state index in [1.54, 1.807) is 30.8 Å². The number of aryl methyl sites for hydroxylation is 1. The number of carbonyl (C=O) groups is 2. The van der Waals surface area contributed by atoms with Crippen LogP contribution in [0.4, 0.5) is 0 Å². The third-order valence-corrected chi connectivity index (χ3v) is 2.93. The van der Waals surface area contributed by atoms with Crippen LogP contribution in [0.3, 0.4) is 0 Å². The summed E-state index contributed by atoms with van der Waals surface area (Å²) in [7, 11) is 1.78. The molecule has 6 heteroatoms. The summed E-state index contributed by atoms with van der Waals surface area (Å²) < 4.78 is 2.54. The van der Waals surface area contributed by atoms with E-state index in [1.807, 2.05) is 6.92 Å². The van der Waals surface area contributed by atoms with Gasteiger partial charge < -0.3 is 15.2 Å². The molecule has 2 N–H and O–H groups in total. The van der Waals surface area contributed by atoms with Crippen LogP contribution in [0.2, 0.25) is 0 Å². The molecule has 1 atom stereocenters. The number of hydrogen-bond donors (Lipinski definition) is 2. The van der Waals surface area contributed by atoms with Crippen molar-refractivity contribution >= 4 is 27.7 Å². The maximum Gasteiger partial charge on any atom is 0.268 e. The monoisotopic (exact) mass is 315 g/mol. The van der Waals surface area contributed by atoms with Crippen molar-refractivity contribution < 1.29 is 9.59 Å². The van der Waals surface area contributed by atoms with Crippen LogP contribution in [0.5, 0.6) is 0 Å². The number of halogens is 1. The Morgan fingerprint density at radius 1 is 1.50 bits per heavy atom. The van der Waals surface area contributed by atoms with E-state index in [-0.39, 0.29) is 11.8 Å². The highest BCUT2D eigenvalue weighted by Crippen LogP contribution is 2.13. The summed E-state index contributed by atoms with van der Waals surface area (Å²) in [5.41, 5.74) is 0.511. The van der Waals surface area contributed by atoms with Crippen LogP contribution in [0.15, 0.2) is 16.7 Å². The van der Waals surface area contributed by atoms with Gasteiger partial charge in [0.2, 0.25) is 5.91 Å². The Morgan fingerprint density at radius 2 is 2.17 bits per heavy atom. The zero-order valence-corrected chi connectivity index (χ0v) is 12.4. The molecule has 100 valence electrons. The average Bonchev–Trinajstić information content (AvgIpc) is 2.65. The summed E-state index contributed by atoms with van der Waals surface area (Å²) in [5, 5.41) is 5.41. The first-order valence-corrected chi connectivity index (χ1v) is 6.65.